The SMILES string of the molecule is CC1(Nc2ccc(Br)cc2C(N)=S)CC1. The van der Waals surface area contributed by atoms with E-state index in [0.29, 0.717) is 4.99 Å². The molecule has 2 nitrogen and oxygen atoms in total. The number of nitrogens with two attached hydrogens (primary N) is 1. The predicted molar refractivity (Wildman–Crippen MR) is 71.3 cm³/mol. The molecule has 0 aromatic heterocycles. The van der Waals surface area contributed by atoms with Gasteiger partial charge in [-0.1, -0.05) is 28.1 Å². The van der Waals surface area contributed by atoms with E-state index in [1.54, 1.807) is 0 Å². The Bertz CT molecular complexity index is 413. The van der Waals surface area contributed by atoms with Crippen molar-refractivity contribution in [2.45, 2.75) is 25.3 Å². The smallest absolute Gasteiger partial charge is 0.106 e. The van der Waals surface area contributed by atoms with Crippen molar-refractivity contribution in [1.82, 2.24) is 0 Å². The average molecular weight is 285 g/mol. The Morgan fingerprint density at radius 1 is 1.53 bits per heavy atom. The highest BCUT2D eigenvalue weighted by atomic mass is 79.9. The summed E-state index contributed by atoms with van der Waals surface area (Å²) in [5, 5.41) is 3.48. The minimum atomic E-state index is 0.243. The van der Waals surface area contributed by atoms with Crippen molar-refractivity contribution in [3.8, 4) is 0 Å². The van der Waals surface area contributed by atoms with Crippen molar-refractivity contribution < 1.29 is 0 Å². The molecule has 15 heavy (non-hydrogen) atoms. The molecule has 80 valence electrons. The van der Waals surface area contributed by atoms with Crippen LogP contribution < -0.4 is 11.1 Å². The number of rotatable bonds is 3. The van der Waals surface area contributed by atoms with Crippen molar-refractivity contribution in [1.29, 1.82) is 0 Å². The minimum Gasteiger partial charge on any atom is -0.389 e. The lowest BCUT2D eigenvalue weighted by atomic mass is 10.1. The van der Waals surface area contributed by atoms with E-state index in [0.717, 1.165) is 15.7 Å². The maximum Gasteiger partial charge on any atom is 0.106 e. The van der Waals surface area contributed by atoms with E-state index in [-0.39, 0.29) is 5.54 Å². The zero-order chi connectivity index (χ0) is 11.1. The normalized spacial score (nSPS) is 17.2. The Morgan fingerprint density at radius 2 is 2.20 bits per heavy atom. The van der Waals surface area contributed by atoms with E-state index >= 15 is 0 Å². The highest BCUT2D eigenvalue weighted by Gasteiger charge is 2.37. The van der Waals surface area contributed by atoms with Crippen molar-refractivity contribution in [2.75, 3.05) is 5.32 Å². The van der Waals surface area contributed by atoms with Crippen LogP contribution in [0.25, 0.3) is 0 Å². The van der Waals surface area contributed by atoms with Gasteiger partial charge in [0.15, 0.2) is 0 Å². The molecule has 2 rings (SSSR count). The summed E-state index contributed by atoms with van der Waals surface area (Å²) in [6.45, 7) is 2.21. The van der Waals surface area contributed by atoms with Crippen LogP contribution in [0.2, 0.25) is 0 Å². The van der Waals surface area contributed by atoms with Crippen LogP contribution in [-0.4, -0.2) is 10.5 Å². The molecular weight excluding hydrogens is 272 g/mol. The lowest BCUT2D eigenvalue weighted by Crippen LogP contribution is -2.20. The second-order valence-corrected chi connectivity index (χ2v) is 5.60. The molecule has 0 unspecified atom stereocenters. The van der Waals surface area contributed by atoms with Gasteiger partial charge in [0, 0.05) is 21.3 Å². The molecule has 1 aliphatic rings. The number of hydrogen-bond donors (Lipinski definition) is 2. The van der Waals surface area contributed by atoms with Gasteiger partial charge in [-0.05, 0) is 38.0 Å². The fourth-order valence-electron chi connectivity index (χ4n) is 1.47. The molecule has 0 bridgehead atoms. The van der Waals surface area contributed by atoms with E-state index in [1.165, 1.54) is 12.8 Å². The molecule has 1 fully saturated rings. The molecule has 0 spiro atoms. The molecule has 1 aromatic rings. The molecule has 1 aliphatic carbocycles. The molecule has 0 aliphatic heterocycles. The molecule has 1 saturated carbocycles. The summed E-state index contributed by atoms with van der Waals surface area (Å²) in [5.74, 6) is 0. The van der Waals surface area contributed by atoms with Crippen LogP contribution in [0.5, 0.6) is 0 Å². The first-order valence-electron chi connectivity index (χ1n) is 4.88. The third-order valence-electron chi connectivity index (χ3n) is 2.68. The van der Waals surface area contributed by atoms with Gasteiger partial charge in [-0.2, -0.15) is 0 Å². The van der Waals surface area contributed by atoms with E-state index < -0.39 is 0 Å². The number of anilines is 1. The standard InChI is InChI=1S/C11H13BrN2S/c1-11(4-5-11)14-9-3-2-7(12)6-8(9)10(13)15/h2-3,6,14H,4-5H2,1H3,(H2,13,15). The van der Waals surface area contributed by atoms with Crippen LogP contribution >= 0.6 is 28.1 Å². The largest absolute Gasteiger partial charge is 0.389 e. The van der Waals surface area contributed by atoms with Crippen LogP contribution in [0.15, 0.2) is 22.7 Å². The van der Waals surface area contributed by atoms with E-state index in [2.05, 4.69) is 28.2 Å². The van der Waals surface area contributed by atoms with Crippen molar-refractivity contribution >= 4 is 38.8 Å². The molecule has 0 heterocycles. The Balaban J connectivity index is 2.32. The monoisotopic (exact) mass is 284 g/mol. The van der Waals surface area contributed by atoms with Crippen molar-refractivity contribution in [3.63, 3.8) is 0 Å². The molecule has 1 aromatic carbocycles. The van der Waals surface area contributed by atoms with Gasteiger partial charge in [0.1, 0.15) is 4.99 Å². The highest BCUT2D eigenvalue weighted by molar-refractivity contribution is 9.10. The van der Waals surface area contributed by atoms with E-state index in [1.807, 2.05) is 18.2 Å². The maximum absolute atomic E-state index is 5.69. The number of hydrogen-bond acceptors (Lipinski definition) is 2. The first-order chi connectivity index (χ1) is 7.00. The van der Waals surface area contributed by atoms with Gasteiger partial charge in [0.25, 0.3) is 0 Å². The summed E-state index contributed by atoms with van der Waals surface area (Å²) in [5.41, 5.74) is 7.88. The summed E-state index contributed by atoms with van der Waals surface area (Å²) in [6, 6.07) is 5.97. The number of benzene rings is 1. The topological polar surface area (TPSA) is 38.0 Å². The van der Waals surface area contributed by atoms with Gasteiger partial charge in [-0.15, -0.1) is 0 Å². The predicted octanol–water partition coefficient (Wildman–Crippen LogP) is 3.05. The molecule has 3 N–H and O–H groups in total. The lowest BCUT2D eigenvalue weighted by Gasteiger charge is -2.16. The summed E-state index contributed by atoms with van der Waals surface area (Å²) in [6.07, 6.45) is 2.42. The summed E-state index contributed by atoms with van der Waals surface area (Å²) in [7, 11) is 0. The van der Waals surface area contributed by atoms with Gasteiger partial charge in [-0.25, -0.2) is 0 Å². The molecule has 0 atom stereocenters. The Labute approximate surface area is 103 Å². The van der Waals surface area contributed by atoms with Gasteiger partial charge in [0.05, 0.1) is 0 Å². The van der Waals surface area contributed by atoms with Gasteiger partial charge in [0.2, 0.25) is 0 Å². The first-order valence-corrected chi connectivity index (χ1v) is 6.08. The minimum absolute atomic E-state index is 0.243. The number of nitrogens with one attached hydrogen (secondary N) is 1. The van der Waals surface area contributed by atoms with Crippen molar-refractivity contribution in [3.05, 3.63) is 28.2 Å². The highest BCUT2D eigenvalue weighted by Crippen LogP contribution is 2.39. The molecule has 0 amide bonds. The number of halogens is 1. The quantitative estimate of drug-likeness (QED) is 0.838. The zero-order valence-electron chi connectivity index (χ0n) is 8.51. The third-order valence-corrected chi connectivity index (χ3v) is 3.40. The zero-order valence-corrected chi connectivity index (χ0v) is 10.9. The van der Waals surface area contributed by atoms with Crippen LogP contribution in [0, 0.1) is 0 Å². The molecule has 0 saturated heterocycles. The van der Waals surface area contributed by atoms with Gasteiger partial charge in [-0.3, -0.25) is 0 Å². The van der Waals surface area contributed by atoms with Crippen molar-refractivity contribution in [2.24, 2.45) is 5.73 Å². The summed E-state index contributed by atoms with van der Waals surface area (Å²) >= 11 is 8.45. The first kappa shape index (κ1) is 10.9. The van der Waals surface area contributed by atoms with Crippen LogP contribution in [0.3, 0.4) is 0 Å². The van der Waals surface area contributed by atoms with Crippen LogP contribution in [0.4, 0.5) is 5.69 Å². The Hall–Kier alpha value is -0.610. The molecular formula is C11H13BrN2S. The fourth-order valence-corrected chi connectivity index (χ4v) is 2.00. The fraction of sp³-hybridized carbons (Fsp3) is 0.364. The third kappa shape index (κ3) is 2.49. The summed E-state index contributed by atoms with van der Waals surface area (Å²) < 4.78 is 0.997. The number of thiocarbonyl (C=S) groups is 1. The summed E-state index contributed by atoms with van der Waals surface area (Å²) in [4.78, 5) is 0.433. The molecule has 0 radical (unpaired) electrons. The van der Waals surface area contributed by atoms with Crippen LogP contribution in [0.1, 0.15) is 25.3 Å². The van der Waals surface area contributed by atoms with Gasteiger partial charge < -0.3 is 11.1 Å². The van der Waals surface area contributed by atoms with Crippen LogP contribution in [-0.2, 0) is 0 Å². The Kier molecular flexibility index (Phi) is 2.73. The maximum atomic E-state index is 5.69. The van der Waals surface area contributed by atoms with E-state index in [4.69, 9.17) is 18.0 Å². The van der Waals surface area contributed by atoms with Gasteiger partial charge >= 0.3 is 0 Å². The van der Waals surface area contributed by atoms with E-state index in [9.17, 15) is 0 Å². The second kappa shape index (κ2) is 3.76. The molecule has 4 heteroatoms. The Morgan fingerprint density at radius 3 is 2.73 bits per heavy atom. The average Bonchev–Trinajstić information content (AvgIpc) is 2.87. The second-order valence-electron chi connectivity index (χ2n) is 4.24. The lowest BCUT2D eigenvalue weighted by molar-refractivity contribution is 0.829.